The average molecular weight is 238 g/mol. The van der Waals surface area contributed by atoms with E-state index in [4.69, 9.17) is 0 Å². The van der Waals surface area contributed by atoms with Gasteiger partial charge in [-0.3, -0.25) is 9.80 Å². The van der Waals surface area contributed by atoms with Gasteiger partial charge in [0.15, 0.2) is 0 Å². The lowest BCUT2D eigenvalue weighted by Gasteiger charge is -2.43. The van der Waals surface area contributed by atoms with E-state index in [1.54, 1.807) is 0 Å². The van der Waals surface area contributed by atoms with Gasteiger partial charge in [0.05, 0.1) is 0 Å². The lowest BCUT2D eigenvalue weighted by Crippen LogP contribution is -2.51. The summed E-state index contributed by atoms with van der Waals surface area (Å²) in [6, 6.07) is 0.851. The van der Waals surface area contributed by atoms with E-state index in [9.17, 15) is 0 Å². The maximum absolute atomic E-state index is 2.79. The van der Waals surface area contributed by atoms with E-state index in [0.29, 0.717) is 5.54 Å². The van der Waals surface area contributed by atoms with Crippen LogP contribution < -0.4 is 0 Å². The minimum Gasteiger partial charge on any atom is -0.299 e. The highest BCUT2D eigenvalue weighted by atomic mass is 15.3. The molecule has 0 amide bonds. The first kappa shape index (κ1) is 13.4. The second-order valence-electron chi connectivity index (χ2n) is 6.19. The molecule has 100 valence electrons. The van der Waals surface area contributed by atoms with Crippen LogP contribution in [0.4, 0.5) is 0 Å². The molecule has 0 saturated carbocycles. The molecule has 2 saturated heterocycles. The normalized spacial score (nSPS) is 28.8. The molecule has 2 aliphatic rings. The topological polar surface area (TPSA) is 6.48 Å². The van der Waals surface area contributed by atoms with Crippen molar-refractivity contribution in [2.75, 3.05) is 26.2 Å². The summed E-state index contributed by atoms with van der Waals surface area (Å²) in [6.07, 6.45) is 8.25. The molecule has 2 rings (SSSR count). The van der Waals surface area contributed by atoms with Crippen molar-refractivity contribution >= 4 is 0 Å². The lowest BCUT2D eigenvalue weighted by atomic mass is 9.91. The zero-order chi connectivity index (χ0) is 12.3. The summed E-state index contributed by atoms with van der Waals surface area (Å²) in [5, 5.41) is 0. The Morgan fingerprint density at radius 1 is 1.00 bits per heavy atom. The molecular formula is C15H30N2. The summed E-state index contributed by atoms with van der Waals surface area (Å²) in [6.45, 7) is 12.5. The Morgan fingerprint density at radius 3 is 2.41 bits per heavy atom. The molecule has 0 spiro atoms. The van der Waals surface area contributed by atoms with Crippen LogP contribution in [-0.4, -0.2) is 47.6 Å². The van der Waals surface area contributed by atoms with Crippen LogP contribution in [-0.2, 0) is 0 Å². The highest BCUT2D eigenvalue weighted by Gasteiger charge is 2.34. The summed E-state index contributed by atoms with van der Waals surface area (Å²) in [4.78, 5) is 5.55. The molecule has 0 aromatic heterocycles. The number of hydrogen-bond donors (Lipinski definition) is 0. The fourth-order valence-corrected chi connectivity index (χ4v) is 3.56. The monoisotopic (exact) mass is 238 g/mol. The maximum atomic E-state index is 2.79. The van der Waals surface area contributed by atoms with Gasteiger partial charge in [0, 0.05) is 18.1 Å². The predicted molar refractivity (Wildman–Crippen MR) is 74.4 cm³/mol. The van der Waals surface area contributed by atoms with E-state index >= 15 is 0 Å². The minimum absolute atomic E-state index is 0.438. The molecule has 0 bridgehead atoms. The second kappa shape index (κ2) is 5.71. The summed E-state index contributed by atoms with van der Waals surface area (Å²) in [7, 11) is 0. The summed E-state index contributed by atoms with van der Waals surface area (Å²) < 4.78 is 0. The van der Waals surface area contributed by atoms with Gasteiger partial charge in [-0.05, 0) is 58.7 Å². The summed E-state index contributed by atoms with van der Waals surface area (Å²) >= 11 is 0. The molecular weight excluding hydrogens is 208 g/mol. The van der Waals surface area contributed by atoms with Gasteiger partial charge in [0.1, 0.15) is 0 Å². The van der Waals surface area contributed by atoms with Crippen molar-refractivity contribution in [3.8, 4) is 0 Å². The number of nitrogens with zero attached hydrogens (tertiary/aromatic N) is 2. The fraction of sp³-hybridized carbons (Fsp3) is 1.00. The van der Waals surface area contributed by atoms with Gasteiger partial charge in [0.2, 0.25) is 0 Å². The molecule has 2 heterocycles. The maximum Gasteiger partial charge on any atom is 0.0223 e. The van der Waals surface area contributed by atoms with Gasteiger partial charge in [0.25, 0.3) is 0 Å². The molecule has 17 heavy (non-hydrogen) atoms. The van der Waals surface area contributed by atoms with Gasteiger partial charge in [-0.25, -0.2) is 0 Å². The molecule has 0 aliphatic carbocycles. The number of piperidine rings is 1. The lowest BCUT2D eigenvalue weighted by molar-refractivity contribution is 0.0674. The van der Waals surface area contributed by atoms with E-state index in [0.717, 1.165) is 6.04 Å². The van der Waals surface area contributed by atoms with E-state index in [-0.39, 0.29) is 0 Å². The van der Waals surface area contributed by atoms with E-state index < -0.39 is 0 Å². The van der Waals surface area contributed by atoms with Crippen molar-refractivity contribution in [1.29, 1.82) is 0 Å². The second-order valence-corrected chi connectivity index (χ2v) is 6.19. The van der Waals surface area contributed by atoms with Gasteiger partial charge in [-0.2, -0.15) is 0 Å². The first-order valence-corrected chi connectivity index (χ1v) is 7.68. The first-order valence-electron chi connectivity index (χ1n) is 7.68. The third kappa shape index (κ3) is 2.85. The molecule has 0 N–H and O–H groups in total. The Balaban J connectivity index is 2.04. The third-order valence-corrected chi connectivity index (χ3v) is 5.34. The fourth-order valence-electron chi connectivity index (χ4n) is 3.56. The van der Waals surface area contributed by atoms with Crippen LogP contribution in [0, 0.1) is 0 Å². The number of fused-ring (bicyclic) bond motifs is 1. The Hall–Kier alpha value is -0.0800. The van der Waals surface area contributed by atoms with Crippen LogP contribution in [0.2, 0.25) is 0 Å². The highest BCUT2D eigenvalue weighted by molar-refractivity contribution is 4.90. The average Bonchev–Trinajstić information content (AvgIpc) is 2.60. The van der Waals surface area contributed by atoms with Gasteiger partial charge in [-0.15, -0.1) is 0 Å². The molecule has 2 fully saturated rings. The third-order valence-electron chi connectivity index (χ3n) is 5.34. The van der Waals surface area contributed by atoms with E-state index in [1.165, 1.54) is 64.7 Å². The van der Waals surface area contributed by atoms with Crippen LogP contribution in [0.15, 0.2) is 0 Å². The first-order chi connectivity index (χ1) is 8.19. The Morgan fingerprint density at radius 2 is 1.71 bits per heavy atom. The van der Waals surface area contributed by atoms with E-state index in [2.05, 4.69) is 30.6 Å². The standard InChI is InChI=1S/C15H30N2/c1-4-15(3,5-2)17-12-8-11-16-10-7-6-9-14(16)13-17/h14H,4-13H2,1-3H3. The van der Waals surface area contributed by atoms with Gasteiger partial charge >= 0.3 is 0 Å². The zero-order valence-electron chi connectivity index (χ0n) is 12.0. The number of hydrogen-bond acceptors (Lipinski definition) is 2. The SMILES string of the molecule is CCC(C)(CC)N1CCCN2CCCCC2C1. The number of rotatable bonds is 3. The molecule has 1 atom stereocenters. The molecule has 2 heteroatoms. The largest absolute Gasteiger partial charge is 0.299 e. The van der Waals surface area contributed by atoms with E-state index in [1.807, 2.05) is 0 Å². The Labute approximate surface area is 107 Å². The summed E-state index contributed by atoms with van der Waals surface area (Å²) in [5.41, 5.74) is 0.438. The predicted octanol–water partition coefficient (Wildman–Crippen LogP) is 3.13. The minimum atomic E-state index is 0.438. The molecule has 1 unspecified atom stereocenters. The van der Waals surface area contributed by atoms with Crippen LogP contribution in [0.5, 0.6) is 0 Å². The van der Waals surface area contributed by atoms with Gasteiger partial charge < -0.3 is 0 Å². The quantitative estimate of drug-likeness (QED) is 0.745. The molecule has 2 nitrogen and oxygen atoms in total. The van der Waals surface area contributed by atoms with Crippen molar-refractivity contribution in [2.24, 2.45) is 0 Å². The van der Waals surface area contributed by atoms with Crippen molar-refractivity contribution in [3.63, 3.8) is 0 Å². The Bertz CT molecular complexity index is 235. The van der Waals surface area contributed by atoms with Crippen LogP contribution in [0.3, 0.4) is 0 Å². The van der Waals surface area contributed by atoms with Crippen LogP contribution >= 0.6 is 0 Å². The zero-order valence-corrected chi connectivity index (χ0v) is 12.0. The van der Waals surface area contributed by atoms with Crippen molar-refractivity contribution in [2.45, 2.75) is 70.9 Å². The van der Waals surface area contributed by atoms with Crippen LogP contribution in [0.25, 0.3) is 0 Å². The highest BCUT2D eigenvalue weighted by Crippen LogP contribution is 2.28. The molecule has 0 aromatic rings. The molecule has 0 radical (unpaired) electrons. The molecule has 0 aromatic carbocycles. The smallest absolute Gasteiger partial charge is 0.0223 e. The van der Waals surface area contributed by atoms with Crippen LogP contribution in [0.1, 0.15) is 59.3 Å². The van der Waals surface area contributed by atoms with Gasteiger partial charge in [-0.1, -0.05) is 20.3 Å². The van der Waals surface area contributed by atoms with Crippen molar-refractivity contribution in [1.82, 2.24) is 9.80 Å². The van der Waals surface area contributed by atoms with Crippen molar-refractivity contribution in [3.05, 3.63) is 0 Å². The summed E-state index contributed by atoms with van der Waals surface area (Å²) in [5.74, 6) is 0. The Kier molecular flexibility index (Phi) is 4.48. The van der Waals surface area contributed by atoms with Crippen molar-refractivity contribution < 1.29 is 0 Å². The molecule has 2 aliphatic heterocycles.